The van der Waals surface area contributed by atoms with E-state index in [0.717, 1.165) is 42.5 Å². The Bertz CT molecular complexity index is 1460. The molecule has 0 spiro atoms. The van der Waals surface area contributed by atoms with Gasteiger partial charge in [-0.2, -0.15) is 4.57 Å². The van der Waals surface area contributed by atoms with Crippen molar-refractivity contribution in [2.24, 2.45) is 5.73 Å². The highest BCUT2D eigenvalue weighted by Crippen LogP contribution is 2.27. The van der Waals surface area contributed by atoms with E-state index in [2.05, 4.69) is 5.32 Å². The number of halogens is 1. The van der Waals surface area contributed by atoms with Gasteiger partial charge in [-0.1, -0.05) is 49.2 Å². The van der Waals surface area contributed by atoms with Gasteiger partial charge in [0, 0.05) is 18.4 Å². The third-order valence-corrected chi connectivity index (χ3v) is 7.04. The van der Waals surface area contributed by atoms with E-state index in [0.29, 0.717) is 43.1 Å². The molecule has 1 aliphatic heterocycles. The van der Waals surface area contributed by atoms with Gasteiger partial charge in [-0.25, -0.2) is 14.2 Å². The summed E-state index contributed by atoms with van der Waals surface area (Å²) in [5, 5.41) is 13.1. The Morgan fingerprint density at radius 1 is 0.975 bits per heavy atom. The van der Waals surface area contributed by atoms with Gasteiger partial charge >= 0.3 is 11.7 Å². The molecule has 2 heterocycles. The number of phenolic OH excluding ortho intramolecular Hbond substituents is 1. The normalized spacial score (nSPS) is 14.2. The van der Waals surface area contributed by atoms with E-state index in [1.807, 2.05) is 30.3 Å². The number of unbranched alkanes of at least 4 members (excludes halogenated alkanes) is 3. The lowest BCUT2D eigenvalue weighted by molar-refractivity contribution is -0.552. The van der Waals surface area contributed by atoms with Crippen molar-refractivity contribution in [1.82, 2.24) is 4.98 Å². The molecular formula is C32H34FN4O3+. The van der Waals surface area contributed by atoms with Gasteiger partial charge in [-0.3, -0.25) is 5.32 Å². The number of aromatic hydroxyl groups is 1. The summed E-state index contributed by atoms with van der Waals surface area (Å²) in [4.78, 5) is 18.4. The number of rotatable bonds is 12. The number of hydrogen-bond donors (Lipinski definition) is 3. The molecule has 1 aliphatic rings. The van der Waals surface area contributed by atoms with Crippen molar-refractivity contribution in [2.75, 3.05) is 18.5 Å². The highest BCUT2D eigenvalue weighted by atomic mass is 19.1. The first-order chi connectivity index (χ1) is 19.5. The molecule has 0 aliphatic carbocycles. The predicted molar refractivity (Wildman–Crippen MR) is 152 cm³/mol. The quantitative estimate of drug-likeness (QED) is 0.172. The van der Waals surface area contributed by atoms with Crippen molar-refractivity contribution in [2.45, 2.75) is 44.6 Å². The largest absolute Gasteiger partial charge is 0.508 e. The second kappa shape index (κ2) is 12.7. The summed E-state index contributed by atoms with van der Waals surface area (Å²) in [6.07, 6.45) is 6.45. The van der Waals surface area contributed by atoms with Crippen molar-refractivity contribution >= 4 is 11.7 Å². The third kappa shape index (κ3) is 6.46. The minimum absolute atomic E-state index is 0.134. The van der Waals surface area contributed by atoms with Crippen molar-refractivity contribution in [3.63, 3.8) is 0 Å². The third-order valence-electron chi connectivity index (χ3n) is 7.04. The van der Waals surface area contributed by atoms with Crippen LogP contribution in [-0.4, -0.2) is 35.2 Å². The average Bonchev–Trinajstić information content (AvgIpc) is 3.27. The molecule has 3 aromatic carbocycles. The Kier molecular flexibility index (Phi) is 8.66. The van der Waals surface area contributed by atoms with Crippen LogP contribution in [0, 0.1) is 5.82 Å². The van der Waals surface area contributed by atoms with Gasteiger partial charge in [-0.15, -0.1) is 0 Å². The molecular weight excluding hydrogens is 507 g/mol. The molecule has 0 fully saturated rings. The maximum absolute atomic E-state index is 14.8. The Balaban J connectivity index is 1.34. The number of nitrogens with one attached hydrogen (secondary N) is 1. The molecule has 5 rings (SSSR count). The summed E-state index contributed by atoms with van der Waals surface area (Å²) in [6, 6.07) is 21.0. The molecule has 0 saturated carbocycles. The van der Waals surface area contributed by atoms with E-state index in [9.17, 15) is 14.3 Å². The van der Waals surface area contributed by atoms with Crippen LogP contribution in [-0.2, 0) is 12.8 Å². The van der Waals surface area contributed by atoms with Gasteiger partial charge in [0.05, 0.1) is 6.61 Å². The van der Waals surface area contributed by atoms with E-state index in [1.165, 1.54) is 6.07 Å². The molecule has 40 heavy (non-hydrogen) atoms. The molecule has 4 N–H and O–H groups in total. The van der Waals surface area contributed by atoms with Crippen LogP contribution in [0.1, 0.15) is 47.3 Å². The Morgan fingerprint density at radius 3 is 2.50 bits per heavy atom. The first kappa shape index (κ1) is 27.3. The Morgan fingerprint density at radius 2 is 1.75 bits per heavy atom. The number of phenols is 1. The van der Waals surface area contributed by atoms with Crippen LogP contribution >= 0.6 is 0 Å². The van der Waals surface area contributed by atoms with Crippen molar-refractivity contribution in [3.05, 3.63) is 102 Å². The second-order valence-corrected chi connectivity index (χ2v) is 10.1. The van der Waals surface area contributed by atoms with Gasteiger partial charge in [0.25, 0.3) is 0 Å². The molecule has 0 bridgehead atoms. The molecule has 0 radical (unpaired) electrons. The van der Waals surface area contributed by atoms with Gasteiger partial charge in [0.1, 0.15) is 23.3 Å². The maximum Gasteiger partial charge on any atom is 0.359 e. The smallest absolute Gasteiger partial charge is 0.359 e. The zero-order valence-electron chi connectivity index (χ0n) is 22.4. The van der Waals surface area contributed by atoms with Crippen molar-refractivity contribution in [3.8, 4) is 22.8 Å². The number of nitrogens with two attached hydrogens (primary N) is 1. The molecule has 1 unspecified atom stereocenters. The molecule has 7 nitrogen and oxygen atoms in total. The Labute approximate surface area is 233 Å². The van der Waals surface area contributed by atoms with E-state index in [1.54, 1.807) is 47.2 Å². The van der Waals surface area contributed by atoms with E-state index in [-0.39, 0.29) is 17.4 Å². The summed E-state index contributed by atoms with van der Waals surface area (Å²) < 4.78 is 22.0. The van der Waals surface area contributed by atoms with Crippen LogP contribution in [0.15, 0.2) is 79.0 Å². The average molecular weight is 542 g/mol. The van der Waals surface area contributed by atoms with E-state index in [4.69, 9.17) is 15.5 Å². The van der Waals surface area contributed by atoms with E-state index >= 15 is 0 Å². The van der Waals surface area contributed by atoms with Crippen LogP contribution in [0.2, 0.25) is 0 Å². The van der Waals surface area contributed by atoms with Gasteiger partial charge in [0.15, 0.2) is 17.6 Å². The zero-order chi connectivity index (χ0) is 27.9. The lowest BCUT2D eigenvalue weighted by Crippen LogP contribution is -2.44. The molecule has 0 amide bonds. The number of ether oxygens (including phenoxy) is 1. The first-order valence-electron chi connectivity index (χ1n) is 13.7. The number of carbonyl (C=O) groups excluding carboxylic acids is 1. The number of hydrogen-bond acceptors (Lipinski definition) is 6. The molecule has 0 saturated heterocycles. The molecule has 4 aromatic rings. The predicted octanol–water partition coefficient (Wildman–Crippen LogP) is 5.05. The molecule has 1 aromatic heterocycles. The monoisotopic (exact) mass is 541 g/mol. The van der Waals surface area contributed by atoms with E-state index < -0.39 is 11.9 Å². The van der Waals surface area contributed by atoms with Crippen LogP contribution < -0.4 is 20.4 Å². The molecule has 1 atom stereocenters. The number of aromatic nitrogens is 2. The minimum Gasteiger partial charge on any atom is -0.508 e. The summed E-state index contributed by atoms with van der Waals surface area (Å²) in [7, 11) is 0. The Hall–Kier alpha value is -4.30. The molecule has 206 valence electrons. The van der Waals surface area contributed by atoms with Gasteiger partial charge in [0.2, 0.25) is 0 Å². The molecule has 8 heteroatoms. The fourth-order valence-corrected chi connectivity index (χ4v) is 4.90. The van der Waals surface area contributed by atoms with Crippen LogP contribution in [0.3, 0.4) is 0 Å². The van der Waals surface area contributed by atoms with Crippen molar-refractivity contribution < 1.29 is 23.6 Å². The number of benzene rings is 3. The van der Waals surface area contributed by atoms with Crippen LogP contribution in [0.25, 0.3) is 11.3 Å². The standard InChI is InChI=1S/C32H33FN4O3/c33-26-18-23(10-15-30(26)40-17-7-2-1-6-16-34)20-28-32(39)37-21-29(24-11-13-25(38)14-12-24)35-27(31(37)36-28)19-22-8-4-3-5-9-22/h3-5,8-15,18,21,28,38H,1-2,6-7,16-17,19-20,34H2/p+1. The van der Waals surface area contributed by atoms with Crippen LogP contribution in [0.5, 0.6) is 11.5 Å². The summed E-state index contributed by atoms with van der Waals surface area (Å²) in [5.41, 5.74) is 9.42. The zero-order valence-corrected chi connectivity index (χ0v) is 22.4. The fraction of sp³-hybridized carbons (Fsp3) is 0.281. The number of anilines is 1. The number of nitrogens with zero attached hydrogens (tertiary/aromatic N) is 2. The number of fused-ring (bicyclic) bond motifs is 1. The SMILES string of the molecule is NCCCCCCOc1ccc(CC2Nc3c(Cc4ccccc4)nc(-c4ccc(O)cc4)c[n+]3C2=O)cc1F. The van der Waals surface area contributed by atoms with Crippen molar-refractivity contribution in [1.29, 1.82) is 0 Å². The first-order valence-corrected chi connectivity index (χ1v) is 13.7. The minimum atomic E-state index is -0.569. The highest BCUT2D eigenvalue weighted by molar-refractivity contribution is 5.82. The maximum atomic E-state index is 14.8. The summed E-state index contributed by atoms with van der Waals surface area (Å²) >= 11 is 0. The van der Waals surface area contributed by atoms with Crippen LogP contribution in [0.4, 0.5) is 10.2 Å². The summed E-state index contributed by atoms with van der Waals surface area (Å²) in [5.74, 6) is 0.447. The summed E-state index contributed by atoms with van der Waals surface area (Å²) in [6.45, 7) is 1.14. The topological polar surface area (TPSA) is 101 Å². The van der Waals surface area contributed by atoms with Gasteiger partial charge in [-0.05, 0) is 66.9 Å². The lowest BCUT2D eigenvalue weighted by atomic mass is 10.1. The highest BCUT2D eigenvalue weighted by Gasteiger charge is 2.41. The lowest BCUT2D eigenvalue weighted by Gasteiger charge is -2.09. The van der Waals surface area contributed by atoms with Gasteiger partial charge < -0.3 is 15.6 Å². The number of carbonyl (C=O) groups is 1. The fourth-order valence-electron chi connectivity index (χ4n) is 4.90. The second-order valence-electron chi connectivity index (χ2n) is 10.1.